The molecule has 2 nitrogen and oxygen atoms in total. The molecular formula is C25H38ClFO2. The van der Waals surface area contributed by atoms with E-state index in [-0.39, 0.29) is 10.8 Å². The number of hydrogen-bond donors (Lipinski definition) is 0. The summed E-state index contributed by atoms with van der Waals surface area (Å²) in [5.41, 5.74) is 0.786. The fraction of sp³-hybridized carbons (Fsp3) is 0.760. The molecule has 29 heavy (non-hydrogen) atoms. The van der Waals surface area contributed by atoms with Gasteiger partial charge >= 0.3 is 0 Å². The maximum Gasteiger partial charge on any atom is 0.149 e. The predicted molar refractivity (Wildman–Crippen MR) is 118 cm³/mol. The lowest BCUT2D eigenvalue weighted by molar-refractivity contribution is 0.0667. The Bertz CT molecular complexity index is 619. The predicted octanol–water partition coefficient (Wildman–Crippen LogP) is 7.77. The van der Waals surface area contributed by atoms with Gasteiger partial charge in [0.25, 0.3) is 0 Å². The van der Waals surface area contributed by atoms with Crippen LogP contribution in [-0.2, 0) is 4.74 Å². The van der Waals surface area contributed by atoms with Crippen molar-refractivity contribution in [3.63, 3.8) is 0 Å². The van der Waals surface area contributed by atoms with Gasteiger partial charge in [-0.25, -0.2) is 4.39 Å². The quantitative estimate of drug-likeness (QED) is 0.377. The molecule has 0 atom stereocenters. The number of rotatable bonds is 9. The van der Waals surface area contributed by atoms with Gasteiger partial charge in [-0.1, -0.05) is 31.5 Å². The maximum atomic E-state index is 14.9. The van der Waals surface area contributed by atoms with Crippen molar-refractivity contribution in [2.45, 2.75) is 84.0 Å². The molecule has 0 amide bonds. The second-order valence-corrected chi connectivity index (χ2v) is 9.47. The topological polar surface area (TPSA) is 18.5 Å². The Morgan fingerprint density at radius 1 is 0.897 bits per heavy atom. The number of halogens is 2. The van der Waals surface area contributed by atoms with Crippen LogP contribution in [0.3, 0.4) is 0 Å². The second-order valence-electron chi connectivity index (χ2n) is 9.10. The first-order valence-electron chi connectivity index (χ1n) is 11.8. The Kier molecular flexibility index (Phi) is 9.11. The van der Waals surface area contributed by atoms with Crippen LogP contribution in [0.15, 0.2) is 12.1 Å². The molecule has 0 saturated heterocycles. The summed E-state index contributed by atoms with van der Waals surface area (Å²) in [7, 11) is 0. The summed E-state index contributed by atoms with van der Waals surface area (Å²) < 4.78 is 26.2. The Labute approximate surface area is 181 Å². The minimum Gasteiger partial charge on any atom is -0.492 e. The summed E-state index contributed by atoms with van der Waals surface area (Å²) in [6, 6.07) is 3.75. The first-order valence-corrected chi connectivity index (χ1v) is 12.2. The van der Waals surface area contributed by atoms with E-state index in [1.807, 2.05) is 19.1 Å². The third kappa shape index (κ3) is 6.10. The average molecular weight is 425 g/mol. The van der Waals surface area contributed by atoms with E-state index in [4.69, 9.17) is 21.1 Å². The molecule has 2 aliphatic rings. The van der Waals surface area contributed by atoms with Crippen molar-refractivity contribution in [1.29, 1.82) is 0 Å². The largest absolute Gasteiger partial charge is 0.492 e. The third-order valence-corrected chi connectivity index (χ3v) is 7.36. The van der Waals surface area contributed by atoms with Crippen molar-refractivity contribution < 1.29 is 13.9 Å². The van der Waals surface area contributed by atoms with E-state index in [1.165, 1.54) is 38.5 Å². The summed E-state index contributed by atoms with van der Waals surface area (Å²) in [5, 5.41) is 0.154. The zero-order valence-corrected chi connectivity index (χ0v) is 19.0. The molecular weight excluding hydrogens is 387 g/mol. The van der Waals surface area contributed by atoms with E-state index in [9.17, 15) is 4.39 Å². The van der Waals surface area contributed by atoms with Crippen LogP contribution in [0.1, 0.15) is 89.5 Å². The fourth-order valence-corrected chi connectivity index (χ4v) is 5.53. The van der Waals surface area contributed by atoms with Gasteiger partial charge in [-0.05, 0) is 99.5 Å². The first kappa shape index (κ1) is 22.9. The second kappa shape index (κ2) is 11.6. The van der Waals surface area contributed by atoms with Crippen LogP contribution in [0.2, 0.25) is 5.02 Å². The number of hydrogen-bond acceptors (Lipinski definition) is 2. The van der Waals surface area contributed by atoms with Crippen molar-refractivity contribution in [2.75, 3.05) is 19.8 Å². The molecule has 3 rings (SSSR count). The third-order valence-electron chi connectivity index (χ3n) is 7.01. The van der Waals surface area contributed by atoms with Gasteiger partial charge in [0.1, 0.15) is 16.6 Å². The van der Waals surface area contributed by atoms with E-state index in [1.54, 1.807) is 0 Å². The first-order chi connectivity index (χ1) is 14.1. The molecule has 0 heterocycles. The molecule has 0 N–H and O–H groups in total. The SMILES string of the molecule is CCCOCC1CCC(C2CCC(c3ccc(OCCC)c(Cl)c3F)CC2)CC1. The smallest absolute Gasteiger partial charge is 0.149 e. The monoisotopic (exact) mass is 424 g/mol. The molecule has 0 aliphatic heterocycles. The van der Waals surface area contributed by atoms with Gasteiger partial charge < -0.3 is 9.47 Å². The lowest BCUT2D eigenvalue weighted by Crippen LogP contribution is -2.27. The molecule has 4 heteroatoms. The summed E-state index contributed by atoms with van der Waals surface area (Å²) in [6.45, 7) is 6.61. The van der Waals surface area contributed by atoms with Crippen molar-refractivity contribution in [1.82, 2.24) is 0 Å². The highest BCUT2D eigenvalue weighted by molar-refractivity contribution is 6.32. The van der Waals surface area contributed by atoms with Crippen LogP contribution >= 0.6 is 11.6 Å². The molecule has 0 radical (unpaired) electrons. The standard InChI is InChI=1S/C25H38ClFO2/c1-3-15-28-17-18-5-7-19(8-6-18)20-9-11-21(12-10-20)22-13-14-23(29-16-4-2)24(26)25(22)27/h13-14,18-21H,3-12,15-17H2,1-2H3. The van der Waals surface area contributed by atoms with Crippen LogP contribution in [0.4, 0.5) is 4.39 Å². The lowest BCUT2D eigenvalue weighted by Gasteiger charge is -2.38. The molecule has 2 saturated carbocycles. The maximum absolute atomic E-state index is 14.9. The highest BCUT2D eigenvalue weighted by atomic mass is 35.5. The van der Waals surface area contributed by atoms with Crippen LogP contribution in [0.25, 0.3) is 0 Å². The zero-order valence-electron chi connectivity index (χ0n) is 18.2. The summed E-state index contributed by atoms with van der Waals surface area (Å²) in [5.74, 6) is 2.94. The van der Waals surface area contributed by atoms with E-state index in [0.717, 1.165) is 62.2 Å². The van der Waals surface area contributed by atoms with Gasteiger partial charge in [0, 0.05) is 13.2 Å². The fourth-order valence-electron chi connectivity index (χ4n) is 5.31. The van der Waals surface area contributed by atoms with Crippen molar-refractivity contribution in [2.24, 2.45) is 17.8 Å². The van der Waals surface area contributed by atoms with E-state index < -0.39 is 0 Å². The van der Waals surface area contributed by atoms with Crippen LogP contribution in [-0.4, -0.2) is 19.8 Å². The van der Waals surface area contributed by atoms with Crippen LogP contribution in [0.5, 0.6) is 5.75 Å². The molecule has 0 unspecified atom stereocenters. The van der Waals surface area contributed by atoms with Gasteiger partial charge in [0.05, 0.1) is 6.61 Å². The molecule has 164 valence electrons. The average Bonchev–Trinajstić information content (AvgIpc) is 2.76. The van der Waals surface area contributed by atoms with Crippen LogP contribution in [0, 0.1) is 23.6 Å². The van der Waals surface area contributed by atoms with Gasteiger partial charge in [0.15, 0.2) is 0 Å². The van der Waals surface area contributed by atoms with Crippen molar-refractivity contribution in [3.8, 4) is 5.75 Å². The van der Waals surface area contributed by atoms with Crippen molar-refractivity contribution >= 4 is 11.6 Å². The van der Waals surface area contributed by atoms with Crippen LogP contribution < -0.4 is 4.74 Å². The Morgan fingerprint density at radius 2 is 1.52 bits per heavy atom. The molecule has 0 aromatic heterocycles. The van der Waals surface area contributed by atoms with Crippen molar-refractivity contribution in [3.05, 3.63) is 28.5 Å². The number of benzene rings is 1. The molecule has 1 aromatic rings. The Hall–Kier alpha value is -0.800. The summed E-state index contributed by atoms with van der Waals surface area (Å²) in [4.78, 5) is 0. The van der Waals surface area contributed by atoms with Gasteiger partial charge in [0.2, 0.25) is 0 Å². The normalized spacial score (nSPS) is 27.7. The molecule has 1 aromatic carbocycles. The highest BCUT2D eigenvalue weighted by Crippen LogP contribution is 2.45. The van der Waals surface area contributed by atoms with E-state index >= 15 is 0 Å². The summed E-state index contributed by atoms with van der Waals surface area (Å²) in [6.07, 6.45) is 11.9. The Morgan fingerprint density at radius 3 is 2.14 bits per heavy atom. The van der Waals surface area contributed by atoms with Gasteiger partial charge in [-0.15, -0.1) is 0 Å². The molecule has 0 spiro atoms. The van der Waals surface area contributed by atoms with E-state index in [0.29, 0.717) is 18.3 Å². The molecule has 2 aliphatic carbocycles. The molecule has 0 bridgehead atoms. The van der Waals surface area contributed by atoms with E-state index in [2.05, 4.69) is 6.92 Å². The molecule has 2 fully saturated rings. The zero-order chi connectivity index (χ0) is 20.6. The minimum absolute atomic E-state index is 0.154. The van der Waals surface area contributed by atoms with Gasteiger partial charge in [-0.2, -0.15) is 0 Å². The lowest BCUT2D eigenvalue weighted by atomic mass is 9.68. The Balaban J connectivity index is 1.48. The number of ether oxygens (including phenoxy) is 2. The van der Waals surface area contributed by atoms with Gasteiger partial charge in [-0.3, -0.25) is 0 Å². The summed E-state index contributed by atoms with van der Waals surface area (Å²) >= 11 is 6.25. The highest BCUT2D eigenvalue weighted by Gasteiger charge is 2.32. The minimum atomic E-state index is -0.267.